The van der Waals surface area contributed by atoms with Crippen molar-refractivity contribution in [2.45, 2.75) is 12.5 Å². The Balaban J connectivity index is 2.04. The van der Waals surface area contributed by atoms with Gasteiger partial charge in [-0.1, -0.05) is 6.07 Å². The lowest BCUT2D eigenvalue weighted by Crippen LogP contribution is -2.36. The number of aryl methyl sites for hydroxylation is 1. The summed E-state index contributed by atoms with van der Waals surface area (Å²) in [7, 11) is 1.67. The van der Waals surface area contributed by atoms with Gasteiger partial charge in [-0.05, 0) is 30.7 Å². The third-order valence-corrected chi connectivity index (χ3v) is 3.14. The van der Waals surface area contributed by atoms with E-state index in [4.69, 9.17) is 14.6 Å². The van der Waals surface area contributed by atoms with E-state index in [2.05, 4.69) is 5.32 Å². The third-order valence-electron chi connectivity index (χ3n) is 3.14. The number of nitrogens with zero attached hydrogens (tertiary/aromatic N) is 1. The van der Waals surface area contributed by atoms with E-state index in [1.807, 2.05) is 18.2 Å². The second kappa shape index (κ2) is 6.01. The van der Waals surface area contributed by atoms with Gasteiger partial charge in [-0.25, -0.2) is 4.79 Å². The van der Waals surface area contributed by atoms with E-state index in [9.17, 15) is 4.79 Å². The minimum Gasteiger partial charge on any atom is -0.408 e. The second-order valence-electron chi connectivity index (χ2n) is 4.50. The summed E-state index contributed by atoms with van der Waals surface area (Å²) < 4.78 is 6.58. The first-order valence-electron chi connectivity index (χ1n) is 6.19. The van der Waals surface area contributed by atoms with Crippen LogP contribution in [0.3, 0.4) is 0 Å². The van der Waals surface area contributed by atoms with Crippen LogP contribution in [0.4, 0.5) is 0 Å². The molecule has 0 fully saturated rings. The number of aromatic nitrogens is 1. The Kier molecular flexibility index (Phi) is 4.36. The fourth-order valence-electron chi connectivity index (χ4n) is 1.94. The van der Waals surface area contributed by atoms with Crippen molar-refractivity contribution >= 4 is 11.1 Å². The van der Waals surface area contributed by atoms with Crippen LogP contribution in [0.15, 0.2) is 27.4 Å². The monoisotopic (exact) mass is 266 g/mol. The number of aliphatic hydroxyl groups is 2. The van der Waals surface area contributed by atoms with Crippen LogP contribution in [-0.2, 0) is 13.5 Å². The molecule has 1 aromatic heterocycles. The van der Waals surface area contributed by atoms with Gasteiger partial charge in [0.25, 0.3) is 0 Å². The molecule has 0 saturated carbocycles. The minimum atomic E-state index is -0.370. The first-order valence-corrected chi connectivity index (χ1v) is 6.19. The van der Waals surface area contributed by atoms with Crippen LogP contribution < -0.4 is 11.1 Å². The number of fused-ring (bicyclic) bond motifs is 1. The van der Waals surface area contributed by atoms with E-state index in [1.54, 1.807) is 7.05 Å². The number of nitrogens with one attached hydrogen (secondary N) is 1. The van der Waals surface area contributed by atoms with Gasteiger partial charge in [0.1, 0.15) is 0 Å². The molecule has 0 radical (unpaired) electrons. The Bertz CT molecular complexity index is 598. The molecular formula is C13H18N2O4. The number of oxazole rings is 1. The minimum absolute atomic E-state index is 0.0942. The highest BCUT2D eigenvalue weighted by atomic mass is 16.4. The molecule has 1 aromatic carbocycles. The molecule has 19 heavy (non-hydrogen) atoms. The van der Waals surface area contributed by atoms with Crippen molar-refractivity contribution in [2.75, 3.05) is 19.8 Å². The van der Waals surface area contributed by atoms with E-state index in [0.29, 0.717) is 12.1 Å². The van der Waals surface area contributed by atoms with Gasteiger partial charge in [-0.2, -0.15) is 0 Å². The Morgan fingerprint density at radius 2 is 2.11 bits per heavy atom. The Morgan fingerprint density at radius 1 is 1.37 bits per heavy atom. The van der Waals surface area contributed by atoms with Gasteiger partial charge in [0, 0.05) is 7.05 Å². The molecule has 104 valence electrons. The van der Waals surface area contributed by atoms with E-state index in [-0.39, 0.29) is 25.0 Å². The van der Waals surface area contributed by atoms with Crippen molar-refractivity contribution in [3.05, 3.63) is 34.3 Å². The zero-order valence-electron chi connectivity index (χ0n) is 10.8. The molecule has 2 rings (SSSR count). The molecule has 0 aliphatic rings. The molecule has 0 aliphatic carbocycles. The summed E-state index contributed by atoms with van der Waals surface area (Å²) in [6.07, 6.45) is 0.727. The topological polar surface area (TPSA) is 87.6 Å². The Morgan fingerprint density at radius 3 is 2.79 bits per heavy atom. The normalized spacial score (nSPS) is 11.6. The van der Waals surface area contributed by atoms with Gasteiger partial charge in [-0.15, -0.1) is 0 Å². The van der Waals surface area contributed by atoms with Crippen molar-refractivity contribution in [3.8, 4) is 0 Å². The van der Waals surface area contributed by atoms with Crippen molar-refractivity contribution in [1.29, 1.82) is 0 Å². The van der Waals surface area contributed by atoms with Crippen molar-refractivity contribution in [1.82, 2.24) is 9.88 Å². The molecule has 0 bridgehead atoms. The van der Waals surface area contributed by atoms with Crippen LogP contribution in [0.1, 0.15) is 5.56 Å². The molecule has 2 aromatic rings. The van der Waals surface area contributed by atoms with Gasteiger partial charge in [0.2, 0.25) is 0 Å². The first kappa shape index (κ1) is 13.8. The molecule has 0 unspecified atom stereocenters. The smallest absolute Gasteiger partial charge is 0.408 e. The average molecular weight is 266 g/mol. The number of rotatable bonds is 6. The van der Waals surface area contributed by atoms with E-state index < -0.39 is 0 Å². The predicted molar refractivity (Wildman–Crippen MR) is 71.1 cm³/mol. The largest absolute Gasteiger partial charge is 0.419 e. The van der Waals surface area contributed by atoms with Gasteiger partial charge in [0.05, 0.1) is 24.8 Å². The standard InChI is InChI=1S/C13H18N2O4/c1-15-11-3-2-9(6-12(11)19-13(15)18)4-5-14-10(7-16)8-17/h2-3,6,10,14,16-17H,4-5,7-8H2,1H3. The molecule has 6 nitrogen and oxygen atoms in total. The fraction of sp³-hybridized carbons (Fsp3) is 0.462. The molecule has 0 saturated heterocycles. The summed E-state index contributed by atoms with van der Waals surface area (Å²) in [4.78, 5) is 11.4. The summed E-state index contributed by atoms with van der Waals surface area (Å²) in [5.74, 6) is -0.370. The summed E-state index contributed by atoms with van der Waals surface area (Å²) >= 11 is 0. The lowest BCUT2D eigenvalue weighted by Gasteiger charge is -2.12. The van der Waals surface area contributed by atoms with Crippen molar-refractivity contribution in [2.24, 2.45) is 7.05 Å². The summed E-state index contributed by atoms with van der Waals surface area (Å²) in [6.45, 7) is 0.445. The van der Waals surface area contributed by atoms with Gasteiger partial charge in [-0.3, -0.25) is 4.57 Å². The van der Waals surface area contributed by atoms with E-state index in [1.165, 1.54) is 4.57 Å². The van der Waals surface area contributed by atoms with Crippen LogP contribution in [0.5, 0.6) is 0 Å². The summed E-state index contributed by atoms with van der Waals surface area (Å²) in [5.41, 5.74) is 2.38. The Labute approximate surface area is 110 Å². The van der Waals surface area contributed by atoms with Crippen LogP contribution in [0, 0.1) is 0 Å². The second-order valence-corrected chi connectivity index (χ2v) is 4.50. The van der Waals surface area contributed by atoms with E-state index in [0.717, 1.165) is 17.5 Å². The van der Waals surface area contributed by atoms with Gasteiger partial charge < -0.3 is 19.9 Å². The van der Waals surface area contributed by atoms with Crippen LogP contribution in [-0.4, -0.2) is 40.6 Å². The van der Waals surface area contributed by atoms with Crippen molar-refractivity contribution in [3.63, 3.8) is 0 Å². The lowest BCUT2D eigenvalue weighted by atomic mass is 10.1. The van der Waals surface area contributed by atoms with E-state index >= 15 is 0 Å². The summed E-state index contributed by atoms with van der Waals surface area (Å²) in [5, 5.41) is 20.9. The number of hydrogen-bond donors (Lipinski definition) is 3. The highest BCUT2D eigenvalue weighted by molar-refractivity contribution is 5.73. The molecule has 6 heteroatoms. The zero-order valence-corrected chi connectivity index (χ0v) is 10.8. The maximum absolute atomic E-state index is 11.4. The molecule has 3 N–H and O–H groups in total. The van der Waals surface area contributed by atoms with Crippen LogP contribution in [0.2, 0.25) is 0 Å². The molecule has 0 atom stereocenters. The Hall–Kier alpha value is -1.63. The first-order chi connectivity index (χ1) is 9.15. The number of hydrogen-bond acceptors (Lipinski definition) is 5. The quantitative estimate of drug-likeness (QED) is 0.663. The fourth-order valence-corrected chi connectivity index (χ4v) is 1.94. The maximum atomic E-state index is 11.4. The zero-order chi connectivity index (χ0) is 13.8. The van der Waals surface area contributed by atoms with Gasteiger partial charge >= 0.3 is 5.76 Å². The van der Waals surface area contributed by atoms with Crippen LogP contribution in [0.25, 0.3) is 11.1 Å². The molecular weight excluding hydrogens is 248 g/mol. The lowest BCUT2D eigenvalue weighted by molar-refractivity contribution is 0.171. The molecule has 0 amide bonds. The number of aliphatic hydroxyl groups excluding tert-OH is 2. The third kappa shape index (κ3) is 3.04. The molecule has 0 aliphatic heterocycles. The van der Waals surface area contributed by atoms with Gasteiger partial charge in [0.15, 0.2) is 5.58 Å². The summed E-state index contributed by atoms with van der Waals surface area (Å²) in [6, 6.07) is 5.33. The highest BCUT2D eigenvalue weighted by Crippen LogP contribution is 2.14. The molecule has 0 spiro atoms. The average Bonchev–Trinajstić information content (AvgIpc) is 2.70. The van der Waals surface area contributed by atoms with Crippen molar-refractivity contribution < 1.29 is 14.6 Å². The predicted octanol–water partition coefficient (Wildman–Crippen LogP) is -0.383. The van der Waals surface area contributed by atoms with Crippen LogP contribution >= 0.6 is 0 Å². The SMILES string of the molecule is Cn1c(=O)oc2cc(CCNC(CO)CO)ccc21. The molecule has 1 heterocycles. The highest BCUT2D eigenvalue weighted by Gasteiger charge is 2.07. The number of benzene rings is 1. The maximum Gasteiger partial charge on any atom is 0.419 e.